The van der Waals surface area contributed by atoms with Gasteiger partial charge >= 0.3 is 12.3 Å². The largest absolute Gasteiger partial charge is 0.373 e. The molecule has 0 radical (unpaired) electrons. The molecule has 1 aliphatic carbocycles. The van der Waals surface area contributed by atoms with Gasteiger partial charge in [-0.25, -0.2) is 8.78 Å². The van der Waals surface area contributed by atoms with E-state index in [9.17, 15) is 17.6 Å². The highest BCUT2D eigenvalue weighted by Crippen LogP contribution is 2.32. The van der Waals surface area contributed by atoms with E-state index < -0.39 is 19.0 Å². The average Bonchev–Trinajstić information content (AvgIpc) is 2.43. The van der Waals surface area contributed by atoms with Crippen molar-refractivity contribution in [1.82, 2.24) is 5.43 Å². The molecule has 0 aromatic rings. The summed E-state index contributed by atoms with van der Waals surface area (Å²) in [5.74, 6) is 2.29. The summed E-state index contributed by atoms with van der Waals surface area (Å²) < 4.78 is 54.1. The predicted molar refractivity (Wildman–Crippen MR) is 68.6 cm³/mol. The Labute approximate surface area is 117 Å². The van der Waals surface area contributed by atoms with Crippen LogP contribution in [0, 0.1) is 11.8 Å². The molecule has 120 valence electrons. The molecule has 1 fully saturated rings. The van der Waals surface area contributed by atoms with Gasteiger partial charge in [0.1, 0.15) is 6.61 Å². The van der Waals surface area contributed by atoms with Crippen molar-refractivity contribution in [3.63, 3.8) is 0 Å². The van der Waals surface area contributed by atoms with Gasteiger partial charge in [-0.2, -0.15) is 8.78 Å². The first kappa shape index (κ1) is 17.7. The molecule has 7 heteroatoms. The number of hydrazine groups is 1. The van der Waals surface area contributed by atoms with E-state index in [4.69, 9.17) is 10.6 Å². The van der Waals surface area contributed by atoms with Gasteiger partial charge in [0.2, 0.25) is 0 Å². The lowest BCUT2D eigenvalue weighted by molar-refractivity contribution is -0.168. The van der Waals surface area contributed by atoms with Crippen LogP contribution in [0.4, 0.5) is 17.6 Å². The van der Waals surface area contributed by atoms with Gasteiger partial charge in [0.15, 0.2) is 0 Å². The van der Waals surface area contributed by atoms with Gasteiger partial charge in [-0.05, 0) is 24.7 Å². The summed E-state index contributed by atoms with van der Waals surface area (Å²) in [5, 5.41) is 0. The second-order valence-corrected chi connectivity index (χ2v) is 5.54. The monoisotopic (exact) mass is 300 g/mol. The highest BCUT2D eigenvalue weighted by Gasteiger charge is 2.41. The van der Waals surface area contributed by atoms with Crippen molar-refractivity contribution < 1.29 is 22.3 Å². The van der Waals surface area contributed by atoms with Crippen LogP contribution in [0.1, 0.15) is 39.0 Å². The zero-order valence-corrected chi connectivity index (χ0v) is 11.8. The first-order valence-corrected chi connectivity index (χ1v) is 7.10. The molecule has 1 atom stereocenters. The van der Waals surface area contributed by atoms with Crippen molar-refractivity contribution in [2.75, 3.05) is 13.2 Å². The van der Waals surface area contributed by atoms with E-state index in [0.717, 1.165) is 32.1 Å². The third-order valence-corrected chi connectivity index (χ3v) is 4.16. The highest BCUT2D eigenvalue weighted by atomic mass is 19.3. The van der Waals surface area contributed by atoms with Crippen LogP contribution in [0.2, 0.25) is 0 Å². The Kier molecular flexibility index (Phi) is 7.19. The number of ether oxygens (including phenoxy) is 1. The first-order valence-electron chi connectivity index (χ1n) is 7.10. The van der Waals surface area contributed by atoms with E-state index in [1.807, 2.05) is 0 Å². The maximum atomic E-state index is 12.7. The maximum Gasteiger partial charge on any atom is 0.330 e. The van der Waals surface area contributed by atoms with Crippen molar-refractivity contribution in [2.45, 2.75) is 57.4 Å². The van der Waals surface area contributed by atoms with Crippen molar-refractivity contribution in [3.8, 4) is 0 Å². The van der Waals surface area contributed by atoms with Crippen molar-refractivity contribution in [1.29, 1.82) is 0 Å². The van der Waals surface area contributed by atoms with Gasteiger partial charge in [0, 0.05) is 6.04 Å². The van der Waals surface area contributed by atoms with Crippen LogP contribution in [-0.4, -0.2) is 31.6 Å². The molecule has 20 heavy (non-hydrogen) atoms. The molecular weight excluding hydrogens is 276 g/mol. The Hall–Kier alpha value is -0.400. The van der Waals surface area contributed by atoms with Gasteiger partial charge in [-0.3, -0.25) is 11.3 Å². The molecule has 0 amide bonds. The summed E-state index contributed by atoms with van der Waals surface area (Å²) in [6, 6.07) is -0.263. The number of nitrogens with one attached hydrogen (secondary N) is 1. The Bertz CT molecular complexity index is 271. The molecule has 1 rings (SSSR count). The molecule has 1 unspecified atom stereocenters. The molecule has 0 heterocycles. The molecule has 1 saturated carbocycles. The Morgan fingerprint density at radius 2 is 1.85 bits per heavy atom. The highest BCUT2D eigenvalue weighted by molar-refractivity contribution is 4.81. The van der Waals surface area contributed by atoms with Crippen molar-refractivity contribution >= 4 is 0 Å². The summed E-state index contributed by atoms with van der Waals surface area (Å²) in [4.78, 5) is 0. The topological polar surface area (TPSA) is 47.3 Å². The smallest absolute Gasteiger partial charge is 0.330 e. The fourth-order valence-electron chi connectivity index (χ4n) is 2.70. The fraction of sp³-hybridized carbons (Fsp3) is 1.00. The molecule has 0 aromatic heterocycles. The van der Waals surface area contributed by atoms with Crippen LogP contribution < -0.4 is 11.3 Å². The lowest BCUT2D eigenvalue weighted by atomic mass is 9.78. The molecule has 0 aromatic carbocycles. The van der Waals surface area contributed by atoms with Crippen molar-refractivity contribution in [3.05, 3.63) is 0 Å². The molecule has 0 saturated heterocycles. The number of hydrogen-bond donors (Lipinski definition) is 2. The minimum atomic E-state index is -4.10. The Morgan fingerprint density at radius 1 is 1.25 bits per heavy atom. The third kappa shape index (κ3) is 5.18. The van der Waals surface area contributed by atoms with Crippen LogP contribution >= 0.6 is 0 Å². The van der Waals surface area contributed by atoms with E-state index in [1.54, 1.807) is 0 Å². The summed E-state index contributed by atoms with van der Waals surface area (Å²) >= 11 is 0. The van der Waals surface area contributed by atoms with Crippen LogP contribution in [0.5, 0.6) is 0 Å². The SMILES string of the molecule is CCC1CCC(C(COCC(F)(F)C(F)F)NN)CC1. The average molecular weight is 300 g/mol. The number of alkyl halides is 4. The van der Waals surface area contributed by atoms with Crippen LogP contribution in [0.25, 0.3) is 0 Å². The van der Waals surface area contributed by atoms with Gasteiger partial charge in [-0.1, -0.05) is 26.2 Å². The third-order valence-electron chi connectivity index (χ3n) is 4.16. The number of hydrogen-bond acceptors (Lipinski definition) is 3. The lowest BCUT2D eigenvalue weighted by Crippen LogP contribution is -2.46. The molecule has 0 bridgehead atoms. The maximum absolute atomic E-state index is 12.7. The number of nitrogens with two attached hydrogens (primary N) is 1. The minimum Gasteiger partial charge on any atom is -0.373 e. The lowest BCUT2D eigenvalue weighted by Gasteiger charge is -2.33. The number of rotatable bonds is 8. The summed E-state index contributed by atoms with van der Waals surface area (Å²) in [6.07, 6.45) is 1.54. The fourth-order valence-corrected chi connectivity index (χ4v) is 2.70. The molecule has 3 nitrogen and oxygen atoms in total. The first-order chi connectivity index (χ1) is 9.40. The van der Waals surface area contributed by atoms with Gasteiger partial charge in [0.05, 0.1) is 6.61 Å². The zero-order valence-electron chi connectivity index (χ0n) is 11.8. The summed E-state index contributed by atoms with van der Waals surface area (Å²) in [6.45, 7) is 0.812. The second kappa shape index (κ2) is 8.14. The van der Waals surface area contributed by atoms with Gasteiger partial charge in [0.25, 0.3) is 0 Å². The Balaban J connectivity index is 2.33. The minimum absolute atomic E-state index is 0.0692. The van der Waals surface area contributed by atoms with E-state index in [2.05, 4.69) is 12.3 Å². The predicted octanol–water partition coefficient (Wildman–Crippen LogP) is 2.95. The van der Waals surface area contributed by atoms with E-state index in [-0.39, 0.29) is 18.6 Å². The standard InChI is InChI=1S/C13H24F4N2O/c1-2-9-3-5-10(6-4-9)11(19-18)7-20-8-13(16,17)12(14)15/h9-12,19H,2-8,18H2,1H3. The van der Waals surface area contributed by atoms with Gasteiger partial charge in [-0.15, -0.1) is 0 Å². The molecule has 0 spiro atoms. The van der Waals surface area contributed by atoms with Gasteiger partial charge < -0.3 is 4.74 Å². The van der Waals surface area contributed by atoms with E-state index >= 15 is 0 Å². The second-order valence-electron chi connectivity index (χ2n) is 5.54. The quantitative estimate of drug-likeness (QED) is 0.411. The molecular formula is C13H24F4N2O. The number of halogens is 4. The van der Waals surface area contributed by atoms with Crippen LogP contribution in [0.15, 0.2) is 0 Å². The molecule has 0 aliphatic heterocycles. The zero-order chi connectivity index (χ0) is 15.2. The molecule has 1 aliphatic rings. The summed E-state index contributed by atoms with van der Waals surface area (Å²) in [5.41, 5.74) is 2.56. The molecule has 3 N–H and O–H groups in total. The van der Waals surface area contributed by atoms with Crippen LogP contribution in [-0.2, 0) is 4.74 Å². The Morgan fingerprint density at radius 3 is 2.30 bits per heavy atom. The van der Waals surface area contributed by atoms with Crippen molar-refractivity contribution in [2.24, 2.45) is 17.7 Å². The van der Waals surface area contributed by atoms with Crippen LogP contribution in [0.3, 0.4) is 0 Å². The summed E-state index contributed by atoms with van der Waals surface area (Å²) in [7, 11) is 0. The normalized spacial score (nSPS) is 25.9. The van der Waals surface area contributed by atoms with E-state index in [0.29, 0.717) is 5.92 Å². The van der Waals surface area contributed by atoms with E-state index in [1.165, 1.54) is 0 Å².